The maximum Gasteiger partial charge on any atom is 0.418 e. The Balaban J connectivity index is 1.94. The van der Waals surface area contributed by atoms with E-state index >= 15 is 0 Å². The summed E-state index contributed by atoms with van der Waals surface area (Å²) in [4.78, 5) is 27.8. The van der Waals surface area contributed by atoms with E-state index in [-0.39, 0.29) is 11.5 Å². The molecule has 154 valence electrons. The van der Waals surface area contributed by atoms with Gasteiger partial charge in [-0.05, 0) is 29.8 Å². The minimum absolute atomic E-state index is 0.236. The van der Waals surface area contributed by atoms with Crippen molar-refractivity contribution in [3.05, 3.63) is 84.0 Å². The molecule has 1 aromatic heterocycles. The van der Waals surface area contributed by atoms with Crippen LogP contribution < -0.4 is 10.8 Å². The summed E-state index contributed by atoms with van der Waals surface area (Å²) in [6.07, 6.45) is 0.272. The monoisotopic (exact) mass is 416 g/mol. The van der Waals surface area contributed by atoms with Crippen molar-refractivity contribution in [1.82, 2.24) is 15.0 Å². The van der Waals surface area contributed by atoms with E-state index in [1.165, 1.54) is 42.1 Å². The van der Waals surface area contributed by atoms with Gasteiger partial charge in [-0.1, -0.05) is 30.3 Å². The van der Waals surface area contributed by atoms with Crippen LogP contribution in [0.2, 0.25) is 0 Å². The molecule has 1 heterocycles. The molecule has 7 nitrogen and oxygen atoms in total. The van der Waals surface area contributed by atoms with Gasteiger partial charge in [-0.15, -0.1) is 0 Å². The van der Waals surface area contributed by atoms with Gasteiger partial charge in [0.25, 0.3) is 11.8 Å². The van der Waals surface area contributed by atoms with Gasteiger partial charge in [-0.3, -0.25) is 19.4 Å². The maximum atomic E-state index is 13.4. The van der Waals surface area contributed by atoms with E-state index in [4.69, 9.17) is 5.21 Å². The van der Waals surface area contributed by atoms with E-state index in [1.54, 1.807) is 24.3 Å². The summed E-state index contributed by atoms with van der Waals surface area (Å²) >= 11 is 0. The van der Waals surface area contributed by atoms with Crippen LogP contribution in [0.25, 0.3) is 11.8 Å². The molecule has 2 aromatic carbocycles. The normalized spacial score (nSPS) is 11.5. The fraction of sp³-hybridized carbons (Fsp3) is 0.0500. The molecule has 0 saturated carbocycles. The van der Waals surface area contributed by atoms with Crippen molar-refractivity contribution in [2.24, 2.45) is 0 Å². The number of nitrogens with zero attached hydrogens (tertiary/aromatic N) is 2. The van der Waals surface area contributed by atoms with Crippen molar-refractivity contribution in [2.75, 3.05) is 5.32 Å². The van der Waals surface area contributed by atoms with Crippen LogP contribution in [0.5, 0.6) is 0 Å². The molecule has 0 unspecified atom stereocenters. The Morgan fingerprint density at radius 2 is 1.77 bits per heavy atom. The Morgan fingerprint density at radius 3 is 2.50 bits per heavy atom. The van der Waals surface area contributed by atoms with E-state index in [0.717, 1.165) is 16.7 Å². The van der Waals surface area contributed by atoms with Crippen LogP contribution in [0.3, 0.4) is 0 Å². The number of halogens is 3. The number of hydrogen-bond donors (Lipinski definition) is 3. The molecular formula is C20H15F3N4O3. The third-order valence-electron chi connectivity index (χ3n) is 4.05. The molecule has 0 bridgehead atoms. The van der Waals surface area contributed by atoms with E-state index in [9.17, 15) is 22.8 Å². The molecule has 0 atom stereocenters. The average molecular weight is 416 g/mol. The second kappa shape index (κ2) is 8.62. The highest BCUT2D eigenvalue weighted by Gasteiger charge is 2.34. The second-order valence-corrected chi connectivity index (χ2v) is 5.99. The molecule has 0 saturated heterocycles. The minimum Gasteiger partial charge on any atom is -0.319 e. The Bertz CT molecular complexity index is 1110. The number of anilines is 1. The van der Waals surface area contributed by atoms with Crippen LogP contribution in [-0.4, -0.2) is 26.6 Å². The summed E-state index contributed by atoms with van der Waals surface area (Å²) < 4.78 is 41.1. The van der Waals surface area contributed by atoms with Gasteiger partial charge >= 0.3 is 6.18 Å². The minimum atomic E-state index is -4.61. The number of benzene rings is 2. The number of alkyl halides is 3. The predicted octanol–water partition coefficient (Wildman–Crippen LogP) is 3.66. The highest BCUT2D eigenvalue weighted by atomic mass is 19.4. The molecule has 0 aliphatic heterocycles. The van der Waals surface area contributed by atoms with E-state index < -0.39 is 23.6 Å². The summed E-state index contributed by atoms with van der Waals surface area (Å²) in [6.45, 7) is 0. The molecule has 0 fully saturated rings. The Morgan fingerprint density at radius 1 is 1.07 bits per heavy atom. The van der Waals surface area contributed by atoms with E-state index in [0.29, 0.717) is 11.3 Å². The lowest BCUT2D eigenvalue weighted by molar-refractivity contribution is -0.137. The Hall–Kier alpha value is -3.92. The zero-order chi connectivity index (χ0) is 21.7. The van der Waals surface area contributed by atoms with Gasteiger partial charge in [-0.25, -0.2) is 10.5 Å². The zero-order valence-electron chi connectivity index (χ0n) is 15.2. The van der Waals surface area contributed by atoms with Crippen LogP contribution in [0, 0.1) is 0 Å². The van der Waals surface area contributed by atoms with Gasteiger partial charge < -0.3 is 5.32 Å². The zero-order valence-corrected chi connectivity index (χ0v) is 15.2. The molecule has 2 amide bonds. The number of para-hydroxylation sites is 2. The lowest BCUT2D eigenvalue weighted by Gasteiger charge is -2.15. The first-order valence-electron chi connectivity index (χ1n) is 8.53. The first-order chi connectivity index (χ1) is 14.3. The van der Waals surface area contributed by atoms with Crippen molar-refractivity contribution in [3.63, 3.8) is 0 Å². The largest absolute Gasteiger partial charge is 0.418 e. The third-order valence-corrected chi connectivity index (χ3v) is 4.05. The molecule has 0 radical (unpaired) electrons. The molecule has 0 spiro atoms. The van der Waals surface area contributed by atoms with Crippen molar-refractivity contribution in [3.8, 4) is 5.69 Å². The first-order valence-corrected chi connectivity index (χ1v) is 8.53. The van der Waals surface area contributed by atoms with Crippen molar-refractivity contribution < 1.29 is 28.0 Å². The highest BCUT2D eigenvalue weighted by Crippen LogP contribution is 2.34. The Labute approximate surface area is 168 Å². The lowest BCUT2D eigenvalue weighted by Crippen LogP contribution is -2.20. The second-order valence-electron chi connectivity index (χ2n) is 5.99. The SMILES string of the molecule is O=C(C=Cc1ccccc1NC(=O)c1nccn1-c1ccccc1C(F)(F)F)NO. The van der Waals surface area contributed by atoms with E-state index in [2.05, 4.69) is 10.3 Å². The smallest absolute Gasteiger partial charge is 0.319 e. The average Bonchev–Trinajstić information content (AvgIpc) is 3.22. The lowest BCUT2D eigenvalue weighted by atomic mass is 10.1. The topological polar surface area (TPSA) is 96.2 Å². The Kier molecular flexibility index (Phi) is 5.98. The van der Waals surface area contributed by atoms with Crippen LogP contribution in [-0.2, 0) is 11.0 Å². The molecular weight excluding hydrogens is 401 g/mol. The number of aromatic nitrogens is 2. The number of hydrogen-bond acceptors (Lipinski definition) is 4. The van der Waals surface area contributed by atoms with Crippen LogP contribution in [0.15, 0.2) is 67.0 Å². The van der Waals surface area contributed by atoms with Crippen LogP contribution >= 0.6 is 0 Å². The van der Waals surface area contributed by atoms with Gasteiger partial charge in [0.1, 0.15) is 0 Å². The number of imidazole rings is 1. The first kappa shape index (κ1) is 20.8. The summed E-state index contributed by atoms with van der Waals surface area (Å²) in [5, 5.41) is 11.1. The van der Waals surface area contributed by atoms with Crippen LogP contribution in [0.1, 0.15) is 21.7 Å². The highest BCUT2D eigenvalue weighted by molar-refractivity contribution is 6.03. The molecule has 3 aromatic rings. The molecule has 0 aliphatic rings. The molecule has 30 heavy (non-hydrogen) atoms. The number of amides is 2. The van der Waals surface area contributed by atoms with Gasteiger partial charge in [0.15, 0.2) is 0 Å². The molecule has 3 rings (SSSR count). The molecule has 10 heteroatoms. The van der Waals surface area contributed by atoms with Gasteiger partial charge in [0.2, 0.25) is 5.82 Å². The fourth-order valence-electron chi connectivity index (χ4n) is 2.73. The number of nitrogens with one attached hydrogen (secondary N) is 2. The van der Waals surface area contributed by atoms with E-state index in [1.807, 2.05) is 0 Å². The van der Waals surface area contributed by atoms with Crippen molar-refractivity contribution in [1.29, 1.82) is 0 Å². The fourth-order valence-corrected chi connectivity index (χ4v) is 2.73. The summed E-state index contributed by atoms with van der Waals surface area (Å²) in [5.41, 5.74) is 1.03. The predicted molar refractivity (Wildman–Crippen MR) is 102 cm³/mol. The number of hydroxylamine groups is 1. The maximum absolute atomic E-state index is 13.4. The molecule has 0 aliphatic carbocycles. The van der Waals surface area contributed by atoms with Gasteiger partial charge in [0.05, 0.1) is 11.3 Å². The standard InChI is InChI=1S/C20H15F3N4O3/c21-20(22,23)14-6-2-4-8-16(14)27-12-11-24-18(27)19(29)25-15-7-3-1-5-13(15)9-10-17(28)26-30/h1-12,30H,(H,25,29)(H,26,28). The number of rotatable bonds is 5. The van der Waals surface area contributed by atoms with Crippen LogP contribution in [0.4, 0.5) is 18.9 Å². The summed E-state index contributed by atoms with van der Waals surface area (Å²) in [7, 11) is 0. The molecule has 3 N–H and O–H groups in total. The third kappa shape index (κ3) is 4.55. The summed E-state index contributed by atoms with van der Waals surface area (Å²) in [5.74, 6) is -1.77. The number of carbonyl (C=O) groups excluding carboxylic acids is 2. The number of carbonyl (C=O) groups is 2. The summed E-state index contributed by atoms with van der Waals surface area (Å²) in [6, 6.07) is 11.3. The van der Waals surface area contributed by atoms with Crippen molar-refractivity contribution >= 4 is 23.6 Å². The van der Waals surface area contributed by atoms with Gasteiger partial charge in [0, 0.05) is 24.2 Å². The van der Waals surface area contributed by atoms with Gasteiger partial charge in [-0.2, -0.15) is 13.2 Å². The quantitative estimate of drug-likeness (QED) is 0.336. The van der Waals surface area contributed by atoms with Crippen molar-refractivity contribution in [2.45, 2.75) is 6.18 Å².